The molecule has 1 N–H and O–H groups in total. The van der Waals surface area contributed by atoms with E-state index in [0.29, 0.717) is 27.9 Å². The first kappa shape index (κ1) is 16.9. The van der Waals surface area contributed by atoms with Gasteiger partial charge in [-0.1, -0.05) is 6.92 Å². The largest absolute Gasteiger partial charge is 0.507 e. The fraction of sp³-hybridized carbons (Fsp3) is 0.250. The number of anilines is 1. The second kappa shape index (κ2) is 6.16. The molecule has 0 aromatic heterocycles. The number of amides is 2. The Morgan fingerprint density at radius 3 is 2.08 bits per heavy atom. The molecule has 1 aliphatic heterocycles. The molecule has 5 heteroatoms. The Kier molecular flexibility index (Phi) is 4.17. The zero-order valence-corrected chi connectivity index (χ0v) is 14.4. The van der Waals surface area contributed by atoms with E-state index in [1.54, 1.807) is 57.2 Å². The van der Waals surface area contributed by atoms with Gasteiger partial charge < -0.3 is 5.11 Å². The molecule has 1 unspecified atom stereocenters. The summed E-state index contributed by atoms with van der Waals surface area (Å²) in [7, 11) is 0. The summed E-state index contributed by atoms with van der Waals surface area (Å²) in [4.78, 5) is 37.9. The maximum absolute atomic E-state index is 12.6. The highest BCUT2D eigenvalue weighted by Gasteiger charge is 2.36. The van der Waals surface area contributed by atoms with Gasteiger partial charge >= 0.3 is 0 Å². The first-order valence-electron chi connectivity index (χ1n) is 8.11. The number of rotatable bonds is 3. The highest BCUT2D eigenvalue weighted by atomic mass is 16.3. The summed E-state index contributed by atoms with van der Waals surface area (Å²) in [5.41, 5.74) is 2.71. The Bertz CT molecular complexity index is 860. The van der Waals surface area contributed by atoms with Crippen LogP contribution in [0.1, 0.15) is 40.4 Å². The predicted molar refractivity (Wildman–Crippen MR) is 93.7 cm³/mol. The number of hydrogen-bond acceptors (Lipinski definition) is 4. The summed E-state index contributed by atoms with van der Waals surface area (Å²) in [6, 6.07) is 9.74. The molecule has 1 heterocycles. The van der Waals surface area contributed by atoms with Crippen molar-refractivity contribution in [3.63, 3.8) is 0 Å². The number of ketones is 1. The Labute approximate surface area is 145 Å². The van der Waals surface area contributed by atoms with Crippen LogP contribution in [-0.4, -0.2) is 22.7 Å². The van der Waals surface area contributed by atoms with E-state index in [2.05, 4.69) is 0 Å². The molecule has 0 saturated carbocycles. The maximum Gasteiger partial charge on any atom is 0.237 e. The van der Waals surface area contributed by atoms with E-state index in [9.17, 15) is 19.5 Å². The van der Waals surface area contributed by atoms with Gasteiger partial charge in [-0.15, -0.1) is 0 Å². The number of nitrogens with zero attached hydrogens (tertiary/aromatic N) is 1. The number of hydrogen-bond donors (Lipinski definition) is 1. The lowest BCUT2D eigenvalue weighted by atomic mass is 9.98. The van der Waals surface area contributed by atoms with Gasteiger partial charge in [0.15, 0.2) is 5.78 Å². The summed E-state index contributed by atoms with van der Waals surface area (Å²) in [6.45, 7) is 5.22. The Morgan fingerprint density at radius 2 is 1.60 bits per heavy atom. The number of aromatic hydroxyl groups is 1. The number of carbonyl (C=O) groups is 3. The van der Waals surface area contributed by atoms with Crippen LogP contribution in [0, 0.1) is 19.8 Å². The number of carbonyl (C=O) groups excluding carboxylic acids is 3. The minimum Gasteiger partial charge on any atom is -0.507 e. The molecule has 2 aromatic rings. The lowest BCUT2D eigenvalue weighted by Gasteiger charge is -2.15. The molecule has 1 saturated heterocycles. The van der Waals surface area contributed by atoms with Crippen molar-refractivity contribution in [1.82, 2.24) is 0 Å². The molecule has 0 aliphatic carbocycles. The van der Waals surface area contributed by atoms with E-state index in [1.165, 1.54) is 4.90 Å². The average molecular weight is 337 g/mol. The van der Waals surface area contributed by atoms with E-state index in [4.69, 9.17) is 0 Å². The van der Waals surface area contributed by atoms with Crippen LogP contribution in [0.3, 0.4) is 0 Å². The summed E-state index contributed by atoms with van der Waals surface area (Å²) >= 11 is 0. The molecule has 1 fully saturated rings. The molecular weight excluding hydrogens is 318 g/mol. The Balaban J connectivity index is 1.89. The smallest absolute Gasteiger partial charge is 0.237 e. The molecule has 128 valence electrons. The first-order valence-corrected chi connectivity index (χ1v) is 8.11. The average Bonchev–Trinajstić information content (AvgIpc) is 2.84. The normalized spacial score (nSPS) is 17.2. The summed E-state index contributed by atoms with van der Waals surface area (Å²) in [6.07, 6.45) is 0.214. The highest BCUT2D eigenvalue weighted by molar-refractivity contribution is 6.21. The van der Waals surface area contributed by atoms with Gasteiger partial charge in [-0.25, -0.2) is 0 Å². The van der Waals surface area contributed by atoms with Crippen LogP contribution in [0.2, 0.25) is 0 Å². The monoisotopic (exact) mass is 337 g/mol. The zero-order chi connectivity index (χ0) is 18.3. The second-order valence-corrected chi connectivity index (χ2v) is 6.51. The minimum atomic E-state index is -0.309. The van der Waals surface area contributed by atoms with Crippen molar-refractivity contribution in [3.05, 3.63) is 58.7 Å². The van der Waals surface area contributed by atoms with Crippen LogP contribution in [-0.2, 0) is 9.59 Å². The van der Waals surface area contributed by atoms with Gasteiger partial charge in [0.2, 0.25) is 11.8 Å². The third-order valence-corrected chi connectivity index (χ3v) is 4.51. The van der Waals surface area contributed by atoms with Gasteiger partial charge in [0.1, 0.15) is 5.75 Å². The SMILES string of the molecule is Cc1cc(C(=O)c2ccc(N3C(=O)CC(C)C3=O)cc2)cc(C)c1O. The van der Waals surface area contributed by atoms with Gasteiger partial charge in [0, 0.05) is 23.5 Å². The fourth-order valence-electron chi connectivity index (χ4n) is 3.07. The third-order valence-electron chi connectivity index (χ3n) is 4.51. The van der Waals surface area contributed by atoms with Crippen molar-refractivity contribution in [2.75, 3.05) is 4.90 Å². The summed E-state index contributed by atoms with van der Waals surface area (Å²) in [5, 5.41) is 9.83. The molecule has 5 nitrogen and oxygen atoms in total. The Hall–Kier alpha value is -2.95. The molecule has 1 atom stereocenters. The lowest BCUT2D eigenvalue weighted by Crippen LogP contribution is -2.29. The number of phenolic OH excluding ortho intramolecular Hbond substituents is 1. The van der Waals surface area contributed by atoms with E-state index in [0.717, 1.165) is 0 Å². The van der Waals surface area contributed by atoms with Crippen LogP contribution in [0.25, 0.3) is 0 Å². The molecule has 1 aliphatic rings. The van der Waals surface area contributed by atoms with Crippen molar-refractivity contribution >= 4 is 23.3 Å². The molecule has 25 heavy (non-hydrogen) atoms. The summed E-state index contributed by atoms with van der Waals surface area (Å²) in [5.74, 6) is -0.732. The number of phenols is 1. The molecular formula is C20H19NO4. The van der Waals surface area contributed by atoms with Crippen molar-refractivity contribution in [2.45, 2.75) is 27.2 Å². The first-order chi connectivity index (χ1) is 11.8. The van der Waals surface area contributed by atoms with Gasteiger partial charge in [-0.2, -0.15) is 0 Å². The number of aryl methyl sites for hydroxylation is 2. The standard InChI is InChI=1S/C20H19NO4/c1-11-8-15(9-12(2)18(11)23)19(24)14-4-6-16(7-5-14)21-17(22)10-13(3)20(21)25/h4-9,13,23H,10H2,1-3H3. The van der Waals surface area contributed by atoms with E-state index >= 15 is 0 Å². The summed E-state index contributed by atoms with van der Waals surface area (Å²) < 4.78 is 0. The lowest BCUT2D eigenvalue weighted by molar-refractivity contribution is -0.122. The fourth-order valence-corrected chi connectivity index (χ4v) is 3.07. The van der Waals surface area contributed by atoms with Gasteiger partial charge in [0.05, 0.1) is 5.69 Å². The molecule has 3 rings (SSSR count). The van der Waals surface area contributed by atoms with Gasteiger partial charge in [-0.3, -0.25) is 19.3 Å². The van der Waals surface area contributed by atoms with Crippen LogP contribution < -0.4 is 4.90 Å². The van der Waals surface area contributed by atoms with Crippen molar-refractivity contribution in [3.8, 4) is 5.75 Å². The molecule has 2 amide bonds. The van der Waals surface area contributed by atoms with Crippen molar-refractivity contribution in [1.29, 1.82) is 0 Å². The zero-order valence-electron chi connectivity index (χ0n) is 14.4. The third kappa shape index (κ3) is 2.93. The van der Waals surface area contributed by atoms with Gasteiger partial charge in [0.25, 0.3) is 0 Å². The van der Waals surface area contributed by atoms with E-state index in [-0.39, 0.29) is 35.7 Å². The topological polar surface area (TPSA) is 74.7 Å². The highest BCUT2D eigenvalue weighted by Crippen LogP contribution is 2.28. The van der Waals surface area contributed by atoms with Gasteiger partial charge in [-0.05, 0) is 61.4 Å². The van der Waals surface area contributed by atoms with Crippen LogP contribution in [0.4, 0.5) is 5.69 Å². The Morgan fingerprint density at radius 1 is 1.04 bits per heavy atom. The maximum atomic E-state index is 12.6. The quantitative estimate of drug-likeness (QED) is 0.690. The molecule has 0 bridgehead atoms. The number of benzene rings is 2. The number of imide groups is 1. The van der Waals surface area contributed by atoms with Crippen molar-refractivity contribution in [2.24, 2.45) is 5.92 Å². The predicted octanol–water partition coefficient (Wildman–Crippen LogP) is 3.14. The minimum absolute atomic E-state index is 0.176. The van der Waals surface area contributed by atoms with Crippen LogP contribution in [0.5, 0.6) is 5.75 Å². The molecule has 2 aromatic carbocycles. The second-order valence-electron chi connectivity index (χ2n) is 6.51. The van der Waals surface area contributed by atoms with Crippen LogP contribution in [0.15, 0.2) is 36.4 Å². The van der Waals surface area contributed by atoms with E-state index in [1.807, 2.05) is 0 Å². The van der Waals surface area contributed by atoms with Crippen LogP contribution >= 0.6 is 0 Å². The molecule has 0 radical (unpaired) electrons. The van der Waals surface area contributed by atoms with E-state index < -0.39 is 0 Å². The molecule has 0 spiro atoms. The van der Waals surface area contributed by atoms with Crippen molar-refractivity contribution < 1.29 is 19.5 Å².